The third-order valence-corrected chi connectivity index (χ3v) is 2.17. The molecule has 58 valence electrons. The lowest BCUT2D eigenvalue weighted by Crippen LogP contribution is -1.97. The van der Waals surface area contributed by atoms with Crippen LogP contribution in [0.4, 0.5) is 0 Å². The molecule has 11 heavy (non-hydrogen) atoms. The van der Waals surface area contributed by atoms with Gasteiger partial charge in [-0.25, -0.2) is 4.79 Å². The number of thiophene rings is 1. The fourth-order valence-electron chi connectivity index (χ4n) is 0.685. The summed E-state index contributed by atoms with van der Waals surface area (Å²) in [6.07, 6.45) is 1.71. The molecule has 0 aliphatic heterocycles. The molecule has 0 saturated carbocycles. The molecule has 0 aliphatic carbocycles. The Bertz CT molecular complexity index is 275. The van der Waals surface area contributed by atoms with Gasteiger partial charge in [-0.1, -0.05) is 12.7 Å². The highest BCUT2D eigenvalue weighted by Gasteiger charge is 2.05. The summed E-state index contributed by atoms with van der Waals surface area (Å²) in [4.78, 5) is 11.9. The number of rotatable bonds is 2. The van der Waals surface area contributed by atoms with Crippen molar-refractivity contribution in [2.75, 3.05) is 7.11 Å². The summed E-state index contributed by atoms with van der Waals surface area (Å²) in [5.41, 5.74) is 0.590. The summed E-state index contributed by atoms with van der Waals surface area (Å²) >= 11 is 1.47. The second kappa shape index (κ2) is 3.34. The van der Waals surface area contributed by atoms with E-state index < -0.39 is 0 Å². The smallest absolute Gasteiger partial charge is 0.338 e. The molecule has 1 rings (SSSR count). The van der Waals surface area contributed by atoms with Gasteiger partial charge in [-0.3, -0.25) is 0 Å². The molecule has 1 aromatic rings. The molecular formula is C8H8O2S. The van der Waals surface area contributed by atoms with Gasteiger partial charge in [-0.15, -0.1) is 11.3 Å². The predicted molar refractivity (Wildman–Crippen MR) is 45.7 cm³/mol. The molecule has 0 unspecified atom stereocenters. The SMILES string of the molecule is C=Cc1cc(C(=O)OC)cs1. The Hall–Kier alpha value is -1.09. The molecule has 0 bridgehead atoms. The number of methoxy groups -OCH3 is 1. The summed E-state index contributed by atoms with van der Waals surface area (Å²) in [7, 11) is 1.37. The van der Waals surface area contributed by atoms with Crippen LogP contribution in [-0.4, -0.2) is 13.1 Å². The van der Waals surface area contributed by atoms with E-state index in [1.807, 2.05) is 0 Å². The number of ether oxygens (including phenoxy) is 1. The van der Waals surface area contributed by atoms with E-state index in [1.54, 1.807) is 17.5 Å². The largest absolute Gasteiger partial charge is 0.465 e. The van der Waals surface area contributed by atoms with Gasteiger partial charge in [-0.2, -0.15) is 0 Å². The fraction of sp³-hybridized carbons (Fsp3) is 0.125. The zero-order valence-corrected chi connectivity index (χ0v) is 6.98. The monoisotopic (exact) mass is 168 g/mol. The van der Waals surface area contributed by atoms with Gasteiger partial charge in [-0.05, 0) is 6.07 Å². The zero-order valence-electron chi connectivity index (χ0n) is 6.16. The van der Waals surface area contributed by atoms with Gasteiger partial charge in [0, 0.05) is 10.3 Å². The molecule has 0 radical (unpaired) electrons. The highest BCUT2D eigenvalue weighted by atomic mass is 32.1. The van der Waals surface area contributed by atoms with Crippen LogP contribution >= 0.6 is 11.3 Å². The van der Waals surface area contributed by atoms with E-state index in [2.05, 4.69) is 11.3 Å². The topological polar surface area (TPSA) is 26.3 Å². The number of carbonyl (C=O) groups is 1. The van der Waals surface area contributed by atoms with Crippen molar-refractivity contribution in [2.24, 2.45) is 0 Å². The standard InChI is InChI=1S/C8H8O2S/c1-3-7-4-6(5-11-7)8(9)10-2/h3-5H,1H2,2H3. The summed E-state index contributed by atoms with van der Waals surface area (Å²) in [5, 5.41) is 1.75. The molecule has 1 aromatic heterocycles. The van der Waals surface area contributed by atoms with Gasteiger partial charge in [0.15, 0.2) is 0 Å². The van der Waals surface area contributed by atoms with Crippen LogP contribution in [0.3, 0.4) is 0 Å². The lowest BCUT2D eigenvalue weighted by atomic mass is 10.3. The predicted octanol–water partition coefficient (Wildman–Crippen LogP) is 2.18. The molecule has 0 N–H and O–H groups in total. The van der Waals surface area contributed by atoms with Crippen molar-refractivity contribution < 1.29 is 9.53 Å². The van der Waals surface area contributed by atoms with E-state index in [1.165, 1.54) is 18.4 Å². The van der Waals surface area contributed by atoms with Crippen molar-refractivity contribution in [3.8, 4) is 0 Å². The second-order valence-corrected chi connectivity index (χ2v) is 2.88. The molecule has 0 spiro atoms. The normalized spacial score (nSPS) is 9.18. The molecule has 1 heterocycles. The molecule has 0 aliphatic rings. The third kappa shape index (κ3) is 1.68. The highest BCUT2D eigenvalue weighted by Crippen LogP contribution is 2.15. The maximum absolute atomic E-state index is 10.9. The van der Waals surface area contributed by atoms with Gasteiger partial charge in [0.2, 0.25) is 0 Å². The first-order chi connectivity index (χ1) is 5.27. The van der Waals surface area contributed by atoms with Crippen LogP contribution in [0, 0.1) is 0 Å². The third-order valence-electron chi connectivity index (χ3n) is 1.24. The Kier molecular flexibility index (Phi) is 2.44. The maximum Gasteiger partial charge on any atom is 0.338 e. The average molecular weight is 168 g/mol. The van der Waals surface area contributed by atoms with Crippen LogP contribution < -0.4 is 0 Å². The Morgan fingerprint density at radius 2 is 2.55 bits per heavy atom. The molecule has 0 atom stereocenters. The van der Waals surface area contributed by atoms with Crippen molar-refractivity contribution in [3.05, 3.63) is 28.5 Å². The second-order valence-electron chi connectivity index (χ2n) is 1.93. The molecule has 0 amide bonds. The Morgan fingerprint density at radius 3 is 3.00 bits per heavy atom. The van der Waals surface area contributed by atoms with Crippen molar-refractivity contribution in [3.63, 3.8) is 0 Å². The molecular weight excluding hydrogens is 160 g/mol. The van der Waals surface area contributed by atoms with E-state index in [-0.39, 0.29) is 5.97 Å². The van der Waals surface area contributed by atoms with Crippen molar-refractivity contribution in [1.29, 1.82) is 0 Å². The van der Waals surface area contributed by atoms with Gasteiger partial charge < -0.3 is 4.74 Å². The molecule has 0 fully saturated rings. The van der Waals surface area contributed by atoms with Crippen LogP contribution in [0.5, 0.6) is 0 Å². The van der Waals surface area contributed by atoms with E-state index >= 15 is 0 Å². The van der Waals surface area contributed by atoms with Crippen LogP contribution in [0.15, 0.2) is 18.0 Å². The number of esters is 1. The molecule has 0 saturated heterocycles. The van der Waals surface area contributed by atoms with Crippen molar-refractivity contribution in [2.45, 2.75) is 0 Å². The van der Waals surface area contributed by atoms with Crippen LogP contribution in [-0.2, 0) is 4.74 Å². The number of hydrogen-bond acceptors (Lipinski definition) is 3. The van der Waals surface area contributed by atoms with Crippen molar-refractivity contribution >= 4 is 23.4 Å². The van der Waals surface area contributed by atoms with Gasteiger partial charge in [0.05, 0.1) is 12.7 Å². The summed E-state index contributed by atoms with van der Waals surface area (Å²) in [6.45, 7) is 3.59. The fourth-order valence-corrected chi connectivity index (χ4v) is 1.40. The Labute approximate surface area is 69.1 Å². The minimum atomic E-state index is -0.297. The first-order valence-corrected chi connectivity index (χ1v) is 3.95. The maximum atomic E-state index is 10.9. The van der Waals surface area contributed by atoms with Crippen LogP contribution in [0.25, 0.3) is 6.08 Å². The number of carbonyl (C=O) groups excluding carboxylic acids is 1. The summed E-state index contributed by atoms with van der Waals surface area (Å²) in [6, 6.07) is 1.75. The van der Waals surface area contributed by atoms with Crippen molar-refractivity contribution in [1.82, 2.24) is 0 Å². The van der Waals surface area contributed by atoms with E-state index in [4.69, 9.17) is 0 Å². The minimum Gasteiger partial charge on any atom is -0.465 e. The molecule has 3 heteroatoms. The summed E-state index contributed by atoms with van der Waals surface area (Å²) in [5.74, 6) is -0.297. The lowest BCUT2D eigenvalue weighted by molar-refractivity contribution is 0.0601. The Balaban J connectivity index is 2.88. The lowest BCUT2D eigenvalue weighted by Gasteiger charge is -1.91. The molecule has 2 nitrogen and oxygen atoms in total. The van der Waals surface area contributed by atoms with Crippen LogP contribution in [0.1, 0.15) is 15.2 Å². The van der Waals surface area contributed by atoms with Crippen LogP contribution in [0.2, 0.25) is 0 Å². The first-order valence-electron chi connectivity index (χ1n) is 3.07. The highest BCUT2D eigenvalue weighted by molar-refractivity contribution is 7.11. The Morgan fingerprint density at radius 1 is 1.82 bits per heavy atom. The zero-order chi connectivity index (χ0) is 8.27. The van der Waals surface area contributed by atoms with E-state index in [0.29, 0.717) is 5.56 Å². The molecule has 0 aromatic carbocycles. The first kappa shape index (κ1) is 8.01. The summed E-state index contributed by atoms with van der Waals surface area (Å²) < 4.78 is 4.53. The quantitative estimate of drug-likeness (QED) is 0.633. The van der Waals surface area contributed by atoms with Gasteiger partial charge in [0.25, 0.3) is 0 Å². The van der Waals surface area contributed by atoms with Gasteiger partial charge >= 0.3 is 5.97 Å². The average Bonchev–Trinajstić information content (AvgIpc) is 2.50. The van der Waals surface area contributed by atoms with E-state index in [9.17, 15) is 4.79 Å². The minimum absolute atomic E-state index is 0.297. The van der Waals surface area contributed by atoms with Gasteiger partial charge in [0.1, 0.15) is 0 Å². The number of hydrogen-bond donors (Lipinski definition) is 0. The van der Waals surface area contributed by atoms with E-state index in [0.717, 1.165) is 4.88 Å².